The fourth-order valence-corrected chi connectivity index (χ4v) is 1.42. The summed E-state index contributed by atoms with van der Waals surface area (Å²) in [5.74, 6) is 0.0453. The number of hydrogen-bond acceptors (Lipinski definition) is 4. The van der Waals surface area contributed by atoms with Gasteiger partial charge in [-0.1, -0.05) is 13.8 Å². The highest BCUT2D eigenvalue weighted by Gasteiger charge is 2.21. The van der Waals surface area contributed by atoms with Crippen LogP contribution in [0.25, 0.3) is 0 Å². The van der Waals surface area contributed by atoms with Gasteiger partial charge in [0.05, 0.1) is 12.5 Å². The van der Waals surface area contributed by atoms with Crippen molar-refractivity contribution in [3.05, 3.63) is 0 Å². The van der Waals surface area contributed by atoms with Crippen molar-refractivity contribution >= 4 is 5.97 Å². The molecule has 0 radical (unpaired) electrons. The second kappa shape index (κ2) is 7.65. The van der Waals surface area contributed by atoms with E-state index in [4.69, 9.17) is 15.2 Å². The van der Waals surface area contributed by atoms with Crippen LogP contribution in [0.2, 0.25) is 0 Å². The molecule has 4 heteroatoms. The zero-order chi connectivity index (χ0) is 11.8. The molecular weight excluding hydrogens is 194 g/mol. The second-order valence-electron chi connectivity index (χ2n) is 4.27. The molecule has 2 atom stereocenters. The summed E-state index contributed by atoms with van der Waals surface area (Å²) in [5.41, 5.74) is 5.54. The van der Waals surface area contributed by atoms with Crippen LogP contribution in [0.1, 0.15) is 27.2 Å². The maximum Gasteiger partial charge on any atom is 0.310 e. The van der Waals surface area contributed by atoms with E-state index < -0.39 is 0 Å². The first-order valence-corrected chi connectivity index (χ1v) is 5.40. The summed E-state index contributed by atoms with van der Waals surface area (Å²) in [6, 6.07) is 0. The quantitative estimate of drug-likeness (QED) is 0.651. The predicted molar refractivity (Wildman–Crippen MR) is 59.4 cm³/mol. The summed E-state index contributed by atoms with van der Waals surface area (Å²) >= 11 is 0. The number of hydrogen-bond donors (Lipinski definition) is 1. The zero-order valence-corrected chi connectivity index (χ0v) is 10.2. The molecule has 0 amide bonds. The van der Waals surface area contributed by atoms with Gasteiger partial charge in [0, 0.05) is 13.7 Å². The van der Waals surface area contributed by atoms with Gasteiger partial charge >= 0.3 is 5.97 Å². The number of ether oxygens (including phenoxy) is 2. The largest absolute Gasteiger partial charge is 0.460 e. The predicted octanol–water partition coefficient (Wildman–Crippen LogP) is 1.19. The van der Waals surface area contributed by atoms with Crippen molar-refractivity contribution in [2.24, 2.45) is 17.6 Å². The summed E-state index contributed by atoms with van der Waals surface area (Å²) in [4.78, 5) is 11.6. The van der Waals surface area contributed by atoms with Crippen molar-refractivity contribution in [1.29, 1.82) is 0 Å². The Morgan fingerprint density at radius 1 is 1.33 bits per heavy atom. The van der Waals surface area contributed by atoms with E-state index in [1.165, 1.54) is 0 Å². The molecule has 0 aromatic carbocycles. The number of methoxy groups -OCH3 is 1. The molecule has 2 unspecified atom stereocenters. The van der Waals surface area contributed by atoms with Crippen LogP contribution in [-0.2, 0) is 14.3 Å². The Hall–Kier alpha value is -0.610. The number of carbonyl (C=O) groups excluding carboxylic acids is 1. The van der Waals surface area contributed by atoms with Gasteiger partial charge in [-0.15, -0.1) is 0 Å². The summed E-state index contributed by atoms with van der Waals surface area (Å²) < 4.78 is 10.1. The maximum absolute atomic E-state index is 11.6. The molecule has 15 heavy (non-hydrogen) atoms. The van der Waals surface area contributed by atoms with E-state index >= 15 is 0 Å². The van der Waals surface area contributed by atoms with Crippen LogP contribution in [0.3, 0.4) is 0 Å². The monoisotopic (exact) mass is 217 g/mol. The van der Waals surface area contributed by atoms with Crippen LogP contribution in [-0.4, -0.2) is 32.3 Å². The Morgan fingerprint density at radius 2 is 1.93 bits per heavy atom. The van der Waals surface area contributed by atoms with Crippen molar-refractivity contribution in [1.82, 2.24) is 0 Å². The highest BCUT2D eigenvalue weighted by Crippen LogP contribution is 2.13. The third kappa shape index (κ3) is 6.47. The Kier molecular flexibility index (Phi) is 7.34. The highest BCUT2D eigenvalue weighted by atomic mass is 16.6. The molecule has 0 bridgehead atoms. The first-order chi connectivity index (χ1) is 7.01. The molecule has 2 N–H and O–H groups in total. The van der Waals surface area contributed by atoms with Gasteiger partial charge in [0.25, 0.3) is 0 Å². The zero-order valence-electron chi connectivity index (χ0n) is 10.2. The summed E-state index contributed by atoms with van der Waals surface area (Å²) in [6.07, 6.45) is 0.568. The molecule has 0 aromatic heterocycles. The number of rotatable bonds is 7. The smallest absolute Gasteiger partial charge is 0.310 e. The van der Waals surface area contributed by atoms with Crippen molar-refractivity contribution in [3.8, 4) is 0 Å². The fraction of sp³-hybridized carbons (Fsp3) is 0.909. The molecule has 90 valence electrons. The van der Waals surface area contributed by atoms with Gasteiger partial charge in [0.2, 0.25) is 0 Å². The first kappa shape index (κ1) is 14.4. The summed E-state index contributed by atoms with van der Waals surface area (Å²) in [6.45, 7) is 6.70. The average Bonchev–Trinajstić information content (AvgIpc) is 2.13. The van der Waals surface area contributed by atoms with E-state index in [1.54, 1.807) is 7.11 Å². The number of carbonyl (C=O) groups is 1. The van der Waals surface area contributed by atoms with Gasteiger partial charge in [-0.3, -0.25) is 4.79 Å². The Bertz CT molecular complexity index is 183. The summed E-state index contributed by atoms with van der Waals surface area (Å²) in [5, 5.41) is 0. The number of nitrogens with two attached hydrogens (primary N) is 1. The topological polar surface area (TPSA) is 61.5 Å². The van der Waals surface area contributed by atoms with Crippen molar-refractivity contribution in [3.63, 3.8) is 0 Å². The minimum Gasteiger partial charge on any atom is -0.460 e. The Morgan fingerprint density at radius 3 is 2.33 bits per heavy atom. The van der Waals surface area contributed by atoms with Gasteiger partial charge in [0.15, 0.2) is 0 Å². The maximum atomic E-state index is 11.6. The normalized spacial score (nSPS) is 15.1. The third-order valence-corrected chi connectivity index (χ3v) is 2.09. The van der Waals surface area contributed by atoms with Crippen LogP contribution in [0.4, 0.5) is 0 Å². The molecule has 0 aliphatic heterocycles. The third-order valence-electron chi connectivity index (χ3n) is 2.09. The molecule has 0 fully saturated rings. The molecule has 0 aliphatic carbocycles. The molecule has 0 spiro atoms. The molecule has 0 saturated heterocycles. The van der Waals surface area contributed by atoms with E-state index in [-0.39, 0.29) is 18.0 Å². The molecule has 0 saturated carbocycles. The lowest BCUT2D eigenvalue weighted by Gasteiger charge is -2.19. The van der Waals surface area contributed by atoms with Crippen molar-refractivity contribution in [2.45, 2.75) is 33.3 Å². The molecule has 0 rings (SSSR count). The number of esters is 1. The van der Waals surface area contributed by atoms with Gasteiger partial charge in [-0.2, -0.15) is 0 Å². The van der Waals surface area contributed by atoms with Crippen LogP contribution in [0.5, 0.6) is 0 Å². The molecule has 0 aromatic rings. The first-order valence-electron chi connectivity index (χ1n) is 5.40. The van der Waals surface area contributed by atoms with E-state index in [9.17, 15) is 4.79 Å². The highest BCUT2D eigenvalue weighted by molar-refractivity contribution is 5.72. The molecule has 4 nitrogen and oxygen atoms in total. The van der Waals surface area contributed by atoms with Gasteiger partial charge in [-0.05, 0) is 19.3 Å². The Labute approximate surface area is 92.1 Å². The second-order valence-corrected chi connectivity index (χ2v) is 4.27. The SMILES string of the molecule is COCC(C)OC(=O)C(CN)CC(C)C. The van der Waals surface area contributed by atoms with E-state index in [0.29, 0.717) is 19.1 Å². The minimum atomic E-state index is -0.212. The molecule has 0 heterocycles. The molecular formula is C11H23NO3. The van der Waals surface area contributed by atoms with Gasteiger partial charge in [-0.25, -0.2) is 0 Å². The van der Waals surface area contributed by atoms with E-state index in [2.05, 4.69) is 13.8 Å². The van der Waals surface area contributed by atoms with E-state index in [1.807, 2.05) is 6.92 Å². The van der Waals surface area contributed by atoms with Crippen LogP contribution < -0.4 is 5.73 Å². The van der Waals surface area contributed by atoms with Crippen molar-refractivity contribution < 1.29 is 14.3 Å². The standard InChI is InChI=1S/C11H23NO3/c1-8(2)5-10(6-12)11(13)15-9(3)7-14-4/h8-10H,5-7,12H2,1-4H3. The van der Waals surface area contributed by atoms with Crippen LogP contribution >= 0.6 is 0 Å². The lowest BCUT2D eigenvalue weighted by Crippen LogP contribution is -2.30. The van der Waals surface area contributed by atoms with E-state index in [0.717, 1.165) is 6.42 Å². The Balaban J connectivity index is 4.03. The lowest BCUT2D eigenvalue weighted by molar-refractivity contribution is -0.155. The average molecular weight is 217 g/mol. The fourth-order valence-electron chi connectivity index (χ4n) is 1.42. The van der Waals surface area contributed by atoms with Gasteiger partial charge in [0.1, 0.15) is 6.10 Å². The minimum absolute atomic E-state index is 0.190. The van der Waals surface area contributed by atoms with Crippen molar-refractivity contribution in [2.75, 3.05) is 20.3 Å². The molecule has 0 aliphatic rings. The lowest BCUT2D eigenvalue weighted by atomic mass is 9.97. The summed E-state index contributed by atoms with van der Waals surface area (Å²) in [7, 11) is 1.58. The van der Waals surface area contributed by atoms with Crippen LogP contribution in [0, 0.1) is 11.8 Å². The van der Waals surface area contributed by atoms with Gasteiger partial charge < -0.3 is 15.2 Å². The van der Waals surface area contributed by atoms with Crippen LogP contribution in [0.15, 0.2) is 0 Å².